The molecule has 1 saturated heterocycles. The third kappa shape index (κ3) is 7.75. The van der Waals surface area contributed by atoms with Gasteiger partial charge >= 0.3 is 0 Å². The van der Waals surface area contributed by atoms with Crippen LogP contribution in [0.4, 0.5) is 10.1 Å². The standard InChI is InChI=1S/C21H35FN4O/c1-4-23-21(26(3)14-9-18-10-15-27-16-11-18)24-12-6-13-25(2)20-8-5-7-19(22)17-20/h5,7-8,17-18H,4,6,9-16H2,1-3H3,(H,23,24). The molecule has 1 fully saturated rings. The number of guanidine groups is 1. The van der Waals surface area contributed by atoms with E-state index in [2.05, 4.69) is 29.1 Å². The Morgan fingerprint density at radius 2 is 2.04 bits per heavy atom. The number of nitrogens with one attached hydrogen (secondary N) is 1. The van der Waals surface area contributed by atoms with E-state index < -0.39 is 0 Å². The Kier molecular flexibility index (Phi) is 9.39. The van der Waals surface area contributed by atoms with Gasteiger partial charge in [-0.15, -0.1) is 0 Å². The molecule has 1 heterocycles. The number of nitrogens with zero attached hydrogens (tertiary/aromatic N) is 3. The summed E-state index contributed by atoms with van der Waals surface area (Å²) in [4.78, 5) is 9.07. The Hall–Kier alpha value is -1.82. The van der Waals surface area contributed by atoms with E-state index in [4.69, 9.17) is 9.73 Å². The lowest BCUT2D eigenvalue weighted by atomic mass is 9.96. The zero-order valence-electron chi connectivity index (χ0n) is 17.1. The van der Waals surface area contributed by atoms with Crippen LogP contribution >= 0.6 is 0 Å². The van der Waals surface area contributed by atoms with E-state index in [0.717, 1.165) is 63.4 Å². The van der Waals surface area contributed by atoms with Gasteiger partial charge in [-0.1, -0.05) is 6.07 Å². The van der Waals surface area contributed by atoms with Crippen LogP contribution in [0.15, 0.2) is 29.3 Å². The largest absolute Gasteiger partial charge is 0.381 e. The summed E-state index contributed by atoms with van der Waals surface area (Å²) in [7, 11) is 4.10. The SMILES string of the molecule is CCNC(=NCCCN(C)c1cccc(F)c1)N(C)CCC1CCOCC1. The molecule has 5 nitrogen and oxygen atoms in total. The van der Waals surface area contributed by atoms with Crippen molar-refractivity contribution in [1.82, 2.24) is 10.2 Å². The van der Waals surface area contributed by atoms with Crippen molar-refractivity contribution in [2.45, 2.75) is 32.6 Å². The van der Waals surface area contributed by atoms with E-state index in [0.29, 0.717) is 0 Å². The fourth-order valence-electron chi connectivity index (χ4n) is 3.32. The minimum Gasteiger partial charge on any atom is -0.381 e. The van der Waals surface area contributed by atoms with Crippen molar-refractivity contribution in [1.29, 1.82) is 0 Å². The molecule has 6 heteroatoms. The molecule has 0 saturated carbocycles. The predicted molar refractivity (Wildman–Crippen MR) is 111 cm³/mol. The molecule has 0 unspecified atom stereocenters. The van der Waals surface area contributed by atoms with Gasteiger partial charge in [0.05, 0.1) is 0 Å². The molecule has 0 aromatic heterocycles. The Morgan fingerprint density at radius 1 is 1.26 bits per heavy atom. The number of ether oxygens (including phenoxy) is 1. The predicted octanol–water partition coefficient (Wildman–Crippen LogP) is 3.37. The summed E-state index contributed by atoms with van der Waals surface area (Å²) in [5.74, 6) is 1.54. The first kappa shape index (κ1) is 21.5. The molecule has 1 aromatic rings. The highest BCUT2D eigenvalue weighted by molar-refractivity contribution is 5.79. The van der Waals surface area contributed by atoms with Crippen molar-refractivity contribution < 1.29 is 9.13 Å². The van der Waals surface area contributed by atoms with Crippen molar-refractivity contribution in [3.05, 3.63) is 30.1 Å². The second-order valence-electron chi connectivity index (χ2n) is 7.26. The van der Waals surface area contributed by atoms with Gasteiger partial charge in [0.25, 0.3) is 0 Å². The molecular formula is C21H35FN4O. The second-order valence-corrected chi connectivity index (χ2v) is 7.26. The highest BCUT2D eigenvalue weighted by atomic mass is 19.1. The summed E-state index contributed by atoms with van der Waals surface area (Å²) < 4.78 is 18.8. The lowest BCUT2D eigenvalue weighted by molar-refractivity contribution is 0.0625. The van der Waals surface area contributed by atoms with Crippen LogP contribution in [0, 0.1) is 11.7 Å². The lowest BCUT2D eigenvalue weighted by Gasteiger charge is -2.27. The van der Waals surface area contributed by atoms with Crippen molar-refractivity contribution >= 4 is 11.6 Å². The Morgan fingerprint density at radius 3 is 2.74 bits per heavy atom. The maximum absolute atomic E-state index is 13.3. The zero-order chi connectivity index (χ0) is 19.5. The molecule has 152 valence electrons. The summed E-state index contributed by atoms with van der Waals surface area (Å²) in [5, 5.41) is 3.39. The minimum atomic E-state index is -0.196. The molecule has 2 rings (SSSR count). The molecule has 1 aliphatic rings. The molecule has 0 bridgehead atoms. The number of aliphatic imine (C=N–C) groups is 1. The Labute approximate surface area is 163 Å². The fourth-order valence-corrected chi connectivity index (χ4v) is 3.32. The van der Waals surface area contributed by atoms with Gasteiger partial charge in [0.15, 0.2) is 5.96 Å². The summed E-state index contributed by atoms with van der Waals surface area (Å²) in [5.41, 5.74) is 0.902. The van der Waals surface area contributed by atoms with Crippen molar-refractivity contribution in [2.24, 2.45) is 10.9 Å². The number of benzene rings is 1. The van der Waals surface area contributed by atoms with Crippen LogP contribution < -0.4 is 10.2 Å². The average Bonchev–Trinajstić information content (AvgIpc) is 2.69. The monoisotopic (exact) mass is 378 g/mol. The Balaban J connectivity index is 1.76. The van der Waals surface area contributed by atoms with Crippen LogP contribution in [0.3, 0.4) is 0 Å². The van der Waals surface area contributed by atoms with E-state index >= 15 is 0 Å². The molecule has 27 heavy (non-hydrogen) atoms. The second kappa shape index (κ2) is 11.8. The van der Waals surface area contributed by atoms with E-state index in [1.807, 2.05) is 13.1 Å². The summed E-state index contributed by atoms with van der Waals surface area (Å²) >= 11 is 0. The quantitative estimate of drug-likeness (QED) is 0.406. The van der Waals surface area contributed by atoms with Gasteiger partial charge in [-0.25, -0.2) is 4.39 Å². The van der Waals surface area contributed by atoms with Crippen LogP contribution in [0.5, 0.6) is 0 Å². The van der Waals surface area contributed by atoms with Gasteiger partial charge in [0.2, 0.25) is 0 Å². The topological polar surface area (TPSA) is 40.1 Å². The molecule has 0 amide bonds. The van der Waals surface area contributed by atoms with Crippen LogP contribution in [0.25, 0.3) is 0 Å². The molecule has 0 atom stereocenters. The highest BCUT2D eigenvalue weighted by Crippen LogP contribution is 2.18. The van der Waals surface area contributed by atoms with E-state index in [1.165, 1.54) is 25.3 Å². The lowest BCUT2D eigenvalue weighted by Crippen LogP contribution is -2.40. The normalized spacial score (nSPS) is 15.6. The molecule has 1 aromatic carbocycles. The molecule has 0 radical (unpaired) electrons. The van der Waals surface area contributed by atoms with E-state index in [-0.39, 0.29) is 5.82 Å². The molecular weight excluding hydrogens is 343 g/mol. The summed E-state index contributed by atoms with van der Waals surface area (Å²) in [6.45, 7) is 7.38. The molecule has 0 aliphatic carbocycles. The summed E-state index contributed by atoms with van der Waals surface area (Å²) in [6.07, 6.45) is 4.46. The first-order valence-electron chi connectivity index (χ1n) is 10.1. The van der Waals surface area contributed by atoms with Gasteiger partial charge in [-0.05, 0) is 56.7 Å². The highest BCUT2D eigenvalue weighted by Gasteiger charge is 2.15. The molecule has 0 spiro atoms. The maximum Gasteiger partial charge on any atom is 0.193 e. The van der Waals surface area contributed by atoms with Crippen LogP contribution in [-0.2, 0) is 4.74 Å². The van der Waals surface area contributed by atoms with Crippen LogP contribution in [0.2, 0.25) is 0 Å². The van der Waals surface area contributed by atoms with E-state index in [9.17, 15) is 4.39 Å². The van der Waals surface area contributed by atoms with Crippen molar-refractivity contribution in [2.75, 3.05) is 58.4 Å². The third-order valence-electron chi connectivity index (χ3n) is 5.07. The molecule has 1 N–H and O–H groups in total. The molecule has 1 aliphatic heterocycles. The van der Waals surface area contributed by atoms with Gasteiger partial charge in [-0.2, -0.15) is 0 Å². The first-order chi connectivity index (χ1) is 13.1. The number of halogens is 1. The third-order valence-corrected chi connectivity index (χ3v) is 5.07. The zero-order valence-corrected chi connectivity index (χ0v) is 17.1. The van der Waals surface area contributed by atoms with Crippen LogP contribution in [-0.4, -0.2) is 64.3 Å². The van der Waals surface area contributed by atoms with Crippen molar-refractivity contribution in [3.8, 4) is 0 Å². The average molecular weight is 379 g/mol. The fraction of sp³-hybridized carbons (Fsp3) is 0.667. The summed E-state index contributed by atoms with van der Waals surface area (Å²) in [6, 6.07) is 6.72. The van der Waals surface area contributed by atoms with Crippen molar-refractivity contribution in [3.63, 3.8) is 0 Å². The smallest absolute Gasteiger partial charge is 0.193 e. The van der Waals surface area contributed by atoms with Gasteiger partial charge in [-0.3, -0.25) is 4.99 Å². The maximum atomic E-state index is 13.3. The van der Waals surface area contributed by atoms with Gasteiger partial charge < -0.3 is 19.9 Å². The van der Waals surface area contributed by atoms with E-state index in [1.54, 1.807) is 12.1 Å². The van der Waals surface area contributed by atoms with Crippen LogP contribution in [0.1, 0.15) is 32.6 Å². The van der Waals surface area contributed by atoms with Gasteiger partial charge in [0, 0.05) is 59.2 Å². The minimum absolute atomic E-state index is 0.196. The number of rotatable bonds is 9. The van der Waals surface area contributed by atoms with Gasteiger partial charge in [0.1, 0.15) is 5.82 Å². The first-order valence-corrected chi connectivity index (χ1v) is 10.1. The Bertz CT molecular complexity index is 575. The number of hydrogen-bond donors (Lipinski definition) is 1. The number of hydrogen-bond acceptors (Lipinski definition) is 3. The number of anilines is 1.